The van der Waals surface area contributed by atoms with Gasteiger partial charge < -0.3 is 14.8 Å². The minimum atomic E-state index is 0.347. The number of nitrogens with one attached hydrogen (secondary N) is 1. The van der Waals surface area contributed by atoms with Gasteiger partial charge in [-0.25, -0.2) is 0 Å². The fraction of sp³-hybridized carbons (Fsp3) is 0.647. The third kappa shape index (κ3) is 2.08. The molecule has 3 nitrogen and oxygen atoms in total. The number of hydrogen-bond donors (Lipinski definition) is 1. The van der Waals surface area contributed by atoms with Gasteiger partial charge in [0.1, 0.15) is 13.2 Å². The summed E-state index contributed by atoms with van der Waals surface area (Å²) in [6.07, 6.45) is 2.42. The van der Waals surface area contributed by atoms with Crippen LogP contribution in [0.4, 0.5) is 0 Å². The highest BCUT2D eigenvalue weighted by molar-refractivity contribution is 5.46. The van der Waals surface area contributed by atoms with Crippen LogP contribution in [0.1, 0.15) is 45.1 Å². The Bertz CT molecular complexity index is 488. The lowest BCUT2D eigenvalue weighted by Crippen LogP contribution is -2.56. The Morgan fingerprint density at radius 2 is 1.95 bits per heavy atom. The Hall–Kier alpha value is -1.22. The molecule has 3 heteroatoms. The Morgan fingerprint density at radius 3 is 2.65 bits per heavy atom. The van der Waals surface area contributed by atoms with Crippen LogP contribution in [0.15, 0.2) is 18.2 Å². The van der Waals surface area contributed by atoms with Crippen molar-refractivity contribution in [2.75, 3.05) is 19.8 Å². The molecule has 20 heavy (non-hydrogen) atoms. The highest BCUT2D eigenvalue weighted by Gasteiger charge is 2.50. The number of benzene rings is 1. The van der Waals surface area contributed by atoms with Crippen LogP contribution in [0.5, 0.6) is 11.5 Å². The van der Waals surface area contributed by atoms with Gasteiger partial charge in [-0.05, 0) is 48.4 Å². The normalized spacial score (nSPS) is 31.8. The highest BCUT2D eigenvalue weighted by atomic mass is 16.6. The van der Waals surface area contributed by atoms with E-state index in [0.29, 0.717) is 30.6 Å². The maximum absolute atomic E-state index is 5.72. The molecule has 0 saturated heterocycles. The Kier molecular flexibility index (Phi) is 3.63. The third-order valence-electron chi connectivity index (χ3n) is 5.24. The predicted octanol–water partition coefficient (Wildman–Crippen LogP) is 3.34. The molecule has 0 aromatic heterocycles. The number of hydrogen-bond acceptors (Lipinski definition) is 3. The SMILES string of the molecule is CCNC1CC(c2ccc3c(c2)OCCO3)C1(C)CC. The summed E-state index contributed by atoms with van der Waals surface area (Å²) in [6, 6.07) is 7.11. The van der Waals surface area contributed by atoms with E-state index in [2.05, 4.69) is 44.3 Å². The number of ether oxygens (including phenoxy) is 2. The zero-order valence-electron chi connectivity index (χ0n) is 12.7. The molecular formula is C17H25NO2. The van der Waals surface area contributed by atoms with Crippen molar-refractivity contribution in [3.8, 4) is 11.5 Å². The van der Waals surface area contributed by atoms with Crippen LogP contribution in [0.2, 0.25) is 0 Å². The summed E-state index contributed by atoms with van der Waals surface area (Å²) in [4.78, 5) is 0. The summed E-state index contributed by atoms with van der Waals surface area (Å²) in [7, 11) is 0. The van der Waals surface area contributed by atoms with Gasteiger partial charge in [-0.1, -0.05) is 26.8 Å². The standard InChI is InChI=1S/C17H25NO2/c1-4-17(3)13(11-16(17)18-5-2)12-6-7-14-15(10-12)20-9-8-19-14/h6-7,10,13,16,18H,4-5,8-9,11H2,1-3H3. The topological polar surface area (TPSA) is 30.5 Å². The monoisotopic (exact) mass is 275 g/mol. The average molecular weight is 275 g/mol. The van der Waals surface area contributed by atoms with Crippen molar-refractivity contribution in [1.29, 1.82) is 0 Å². The number of fused-ring (bicyclic) bond motifs is 1. The lowest BCUT2D eigenvalue weighted by atomic mass is 9.54. The molecule has 0 radical (unpaired) electrons. The van der Waals surface area contributed by atoms with Gasteiger partial charge in [-0.3, -0.25) is 0 Å². The summed E-state index contributed by atoms with van der Waals surface area (Å²) in [5, 5.41) is 3.63. The maximum Gasteiger partial charge on any atom is 0.161 e. The van der Waals surface area contributed by atoms with Gasteiger partial charge in [-0.15, -0.1) is 0 Å². The molecule has 3 unspecified atom stereocenters. The first-order valence-corrected chi connectivity index (χ1v) is 7.82. The molecule has 1 fully saturated rings. The Labute approximate surface area is 121 Å². The molecule has 1 aliphatic carbocycles. The molecule has 1 saturated carbocycles. The molecule has 1 aliphatic heterocycles. The van der Waals surface area contributed by atoms with Crippen LogP contribution in [0.25, 0.3) is 0 Å². The summed E-state index contributed by atoms with van der Waals surface area (Å²) < 4.78 is 11.3. The van der Waals surface area contributed by atoms with E-state index in [9.17, 15) is 0 Å². The van der Waals surface area contributed by atoms with E-state index >= 15 is 0 Å². The second kappa shape index (κ2) is 5.28. The van der Waals surface area contributed by atoms with Gasteiger partial charge in [0.05, 0.1) is 0 Å². The van der Waals surface area contributed by atoms with Crippen LogP contribution in [-0.4, -0.2) is 25.8 Å². The van der Waals surface area contributed by atoms with E-state index in [1.165, 1.54) is 18.4 Å². The molecule has 3 atom stereocenters. The van der Waals surface area contributed by atoms with Crippen LogP contribution >= 0.6 is 0 Å². The predicted molar refractivity (Wildman–Crippen MR) is 80.7 cm³/mol. The zero-order chi connectivity index (χ0) is 14.2. The molecule has 0 amide bonds. The van der Waals surface area contributed by atoms with E-state index in [4.69, 9.17) is 9.47 Å². The Morgan fingerprint density at radius 1 is 1.20 bits per heavy atom. The third-order valence-corrected chi connectivity index (χ3v) is 5.24. The molecule has 1 heterocycles. The van der Waals surface area contributed by atoms with Crippen LogP contribution < -0.4 is 14.8 Å². The van der Waals surface area contributed by atoms with E-state index in [0.717, 1.165) is 18.0 Å². The minimum Gasteiger partial charge on any atom is -0.486 e. The zero-order valence-corrected chi connectivity index (χ0v) is 12.7. The second-order valence-electron chi connectivity index (χ2n) is 6.16. The first-order chi connectivity index (χ1) is 9.69. The largest absolute Gasteiger partial charge is 0.486 e. The first-order valence-electron chi connectivity index (χ1n) is 7.82. The van der Waals surface area contributed by atoms with Gasteiger partial charge in [-0.2, -0.15) is 0 Å². The van der Waals surface area contributed by atoms with E-state index in [-0.39, 0.29) is 0 Å². The molecule has 3 rings (SSSR count). The summed E-state index contributed by atoms with van der Waals surface area (Å²) in [5.74, 6) is 2.42. The smallest absolute Gasteiger partial charge is 0.161 e. The first kappa shape index (κ1) is 13.7. The molecular weight excluding hydrogens is 250 g/mol. The summed E-state index contributed by atoms with van der Waals surface area (Å²) in [5.41, 5.74) is 1.74. The molecule has 0 spiro atoms. The fourth-order valence-electron chi connectivity index (χ4n) is 3.71. The van der Waals surface area contributed by atoms with Crippen molar-refractivity contribution in [2.45, 2.75) is 45.6 Å². The van der Waals surface area contributed by atoms with Crippen molar-refractivity contribution in [3.63, 3.8) is 0 Å². The molecule has 1 aromatic rings. The van der Waals surface area contributed by atoms with E-state index in [1.807, 2.05) is 0 Å². The van der Waals surface area contributed by atoms with Gasteiger partial charge in [0.25, 0.3) is 0 Å². The average Bonchev–Trinajstić information content (AvgIpc) is 2.49. The summed E-state index contributed by atoms with van der Waals surface area (Å²) >= 11 is 0. The van der Waals surface area contributed by atoms with Crippen molar-refractivity contribution in [3.05, 3.63) is 23.8 Å². The van der Waals surface area contributed by atoms with Crippen LogP contribution in [-0.2, 0) is 0 Å². The van der Waals surface area contributed by atoms with Gasteiger partial charge in [0.2, 0.25) is 0 Å². The minimum absolute atomic E-state index is 0.347. The Balaban J connectivity index is 1.83. The van der Waals surface area contributed by atoms with Gasteiger partial charge >= 0.3 is 0 Å². The lowest BCUT2D eigenvalue weighted by Gasteiger charge is -2.55. The molecule has 2 aliphatic rings. The van der Waals surface area contributed by atoms with E-state index < -0.39 is 0 Å². The number of rotatable bonds is 4. The lowest BCUT2D eigenvalue weighted by molar-refractivity contribution is 0.0452. The van der Waals surface area contributed by atoms with Gasteiger partial charge in [0, 0.05) is 6.04 Å². The maximum atomic E-state index is 5.72. The van der Waals surface area contributed by atoms with Gasteiger partial charge in [0.15, 0.2) is 11.5 Å². The molecule has 1 aromatic carbocycles. The highest BCUT2D eigenvalue weighted by Crippen LogP contribution is 2.55. The van der Waals surface area contributed by atoms with Crippen molar-refractivity contribution in [2.24, 2.45) is 5.41 Å². The van der Waals surface area contributed by atoms with E-state index in [1.54, 1.807) is 0 Å². The van der Waals surface area contributed by atoms with Crippen molar-refractivity contribution in [1.82, 2.24) is 5.32 Å². The molecule has 110 valence electrons. The quantitative estimate of drug-likeness (QED) is 0.914. The fourth-order valence-corrected chi connectivity index (χ4v) is 3.71. The second-order valence-corrected chi connectivity index (χ2v) is 6.16. The van der Waals surface area contributed by atoms with Crippen molar-refractivity contribution < 1.29 is 9.47 Å². The van der Waals surface area contributed by atoms with Crippen LogP contribution in [0, 0.1) is 5.41 Å². The molecule has 0 bridgehead atoms. The van der Waals surface area contributed by atoms with Crippen LogP contribution in [0.3, 0.4) is 0 Å². The van der Waals surface area contributed by atoms with Crippen molar-refractivity contribution >= 4 is 0 Å². The molecule has 1 N–H and O–H groups in total. The summed E-state index contributed by atoms with van der Waals surface area (Å²) in [6.45, 7) is 9.26.